The van der Waals surface area contributed by atoms with Crippen LogP contribution in [0.15, 0.2) is 30.6 Å². The van der Waals surface area contributed by atoms with Gasteiger partial charge in [0.05, 0.1) is 12.7 Å². The number of rotatable bonds is 2. The molecule has 0 saturated carbocycles. The maximum atomic E-state index is 12.9. The van der Waals surface area contributed by atoms with Crippen LogP contribution in [0.3, 0.4) is 0 Å². The SMILES string of the molecule is COC(=O)c1cncc2c1CCN(C(=O)c1ccc3c(c1)CCC3)C2. The number of aryl methyl sites for hydroxylation is 2. The molecule has 5 nitrogen and oxygen atoms in total. The summed E-state index contributed by atoms with van der Waals surface area (Å²) < 4.78 is 4.83. The van der Waals surface area contributed by atoms with Gasteiger partial charge in [0.25, 0.3) is 5.91 Å². The molecule has 0 N–H and O–H groups in total. The van der Waals surface area contributed by atoms with Gasteiger partial charge in [-0.25, -0.2) is 4.79 Å². The van der Waals surface area contributed by atoms with Crippen molar-refractivity contribution in [2.75, 3.05) is 13.7 Å². The van der Waals surface area contributed by atoms with Crippen molar-refractivity contribution in [3.05, 3.63) is 64.0 Å². The average Bonchev–Trinajstić information content (AvgIpc) is 3.13. The van der Waals surface area contributed by atoms with Gasteiger partial charge >= 0.3 is 5.97 Å². The lowest BCUT2D eigenvalue weighted by atomic mass is 9.96. The summed E-state index contributed by atoms with van der Waals surface area (Å²) in [6, 6.07) is 6.07. The number of hydrogen-bond acceptors (Lipinski definition) is 4. The minimum atomic E-state index is -0.372. The third kappa shape index (κ3) is 2.80. The Kier molecular flexibility index (Phi) is 3.99. The second-order valence-corrected chi connectivity index (χ2v) is 6.63. The molecule has 2 aliphatic rings. The topological polar surface area (TPSA) is 59.5 Å². The highest BCUT2D eigenvalue weighted by Gasteiger charge is 2.26. The van der Waals surface area contributed by atoms with Gasteiger partial charge in [-0.3, -0.25) is 9.78 Å². The first-order chi connectivity index (χ1) is 12.2. The molecular formula is C20H20N2O3. The quantitative estimate of drug-likeness (QED) is 0.791. The monoisotopic (exact) mass is 336 g/mol. The van der Waals surface area contributed by atoms with Crippen molar-refractivity contribution in [3.8, 4) is 0 Å². The lowest BCUT2D eigenvalue weighted by Crippen LogP contribution is -2.36. The summed E-state index contributed by atoms with van der Waals surface area (Å²) in [5, 5.41) is 0. The number of pyridine rings is 1. The summed E-state index contributed by atoms with van der Waals surface area (Å²) in [5.74, 6) is -0.327. The molecule has 0 saturated heterocycles. The first kappa shape index (κ1) is 15.8. The fraction of sp³-hybridized carbons (Fsp3) is 0.350. The summed E-state index contributed by atoms with van der Waals surface area (Å²) in [7, 11) is 1.37. The first-order valence-electron chi connectivity index (χ1n) is 8.62. The van der Waals surface area contributed by atoms with Crippen molar-refractivity contribution in [2.24, 2.45) is 0 Å². The normalized spacial score (nSPS) is 15.5. The van der Waals surface area contributed by atoms with Crippen LogP contribution in [0.5, 0.6) is 0 Å². The fourth-order valence-corrected chi connectivity index (χ4v) is 3.84. The van der Waals surface area contributed by atoms with Gasteiger partial charge in [-0.05, 0) is 60.1 Å². The van der Waals surface area contributed by atoms with E-state index in [2.05, 4.69) is 11.1 Å². The van der Waals surface area contributed by atoms with Crippen molar-refractivity contribution in [1.29, 1.82) is 0 Å². The molecule has 2 heterocycles. The first-order valence-corrected chi connectivity index (χ1v) is 8.62. The number of aromatic nitrogens is 1. The molecule has 5 heteroatoms. The van der Waals surface area contributed by atoms with Gasteiger partial charge in [-0.2, -0.15) is 0 Å². The van der Waals surface area contributed by atoms with E-state index in [0.29, 0.717) is 25.1 Å². The second kappa shape index (κ2) is 6.31. The van der Waals surface area contributed by atoms with Crippen LogP contribution in [-0.4, -0.2) is 35.4 Å². The van der Waals surface area contributed by atoms with Crippen molar-refractivity contribution >= 4 is 11.9 Å². The number of nitrogens with zero attached hydrogens (tertiary/aromatic N) is 2. The molecule has 1 aromatic heterocycles. The zero-order valence-electron chi connectivity index (χ0n) is 14.2. The number of amides is 1. The van der Waals surface area contributed by atoms with E-state index in [1.807, 2.05) is 17.0 Å². The van der Waals surface area contributed by atoms with E-state index in [-0.39, 0.29) is 11.9 Å². The minimum absolute atomic E-state index is 0.0452. The van der Waals surface area contributed by atoms with Crippen LogP contribution in [0.4, 0.5) is 0 Å². The van der Waals surface area contributed by atoms with Crippen molar-refractivity contribution in [3.63, 3.8) is 0 Å². The van der Waals surface area contributed by atoms with Gasteiger partial charge in [-0.1, -0.05) is 6.07 Å². The van der Waals surface area contributed by atoms with Crippen LogP contribution in [0, 0.1) is 0 Å². The van der Waals surface area contributed by atoms with E-state index < -0.39 is 0 Å². The van der Waals surface area contributed by atoms with Crippen LogP contribution >= 0.6 is 0 Å². The summed E-state index contributed by atoms with van der Waals surface area (Å²) >= 11 is 0. The van der Waals surface area contributed by atoms with Crippen molar-refractivity contribution in [1.82, 2.24) is 9.88 Å². The molecule has 0 atom stereocenters. The number of benzene rings is 1. The van der Waals surface area contributed by atoms with E-state index in [1.54, 1.807) is 12.4 Å². The Balaban J connectivity index is 1.58. The van der Waals surface area contributed by atoms with Crippen molar-refractivity contribution in [2.45, 2.75) is 32.2 Å². The number of carbonyl (C=O) groups excluding carboxylic acids is 2. The van der Waals surface area contributed by atoms with Crippen LogP contribution < -0.4 is 0 Å². The molecule has 0 unspecified atom stereocenters. The summed E-state index contributed by atoms with van der Waals surface area (Å²) in [6.07, 6.45) is 7.27. The summed E-state index contributed by atoms with van der Waals surface area (Å²) in [4.78, 5) is 30.8. The average molecular weight is 336 g/mol. The molecule has 1 aliphatic carbocycles. The maximum Gasteiger partial charge on any atom is 0.339 e. The largest absolute Gasteiger partial charge is 0.465 e. The van der Waals surface area contributed by atoms with Crippen LogP contribution in [0.1, 0.15) is 49.4 Å². The zero-order chi connectivity index (χ0) is 17.4. The Labute approximate surface area is 146 Å². The highest BCUT2D eigenvalue weighted by molar-refractivity contribution is 5.95. The lowest BCUT2D eigenvalue weighted by Gasteiger charge is -2.29. The Morgan fingerprint density at radius 3 is 2.76 bits per heavy atom. The molecule has 128 valence electrons. The smallest absolute Gasteiger partial charge is 0.339 e. The molecule has 25 heavy (non-hydrogen) atoms. The Morgan fingerprint density at radius 1 is 1.08 bits per heavy atom. The number of hydrogen-bond donors (Lipinski definition) is 0. The van der Waals surface area contributed by atoms with E-state index >= 15 is 0 Å². The van der Waals surface area contributed by atoms with Crippen molar-refractivity contribution < 1.29 is 14.3 Å². The van der Waals surface area contributed by atoms with Gasteiger partial charge in [0.15, 0.2) is 0 Å². The van der Waals surface area contributed by atoms with Gasteiger partial charge in [0.2, 0.25) is 0 Å². The minimum Gasteiger partial charge on any atom is -0.465 e. The number of ether oxygens (including phenoxy) is 1. The highest BCUT2D eigenvalue weighted by Crippen LogP contribution is 2.26. The molecule has 2 aromatic rings. The predicted molar refractivity (Wildman–Crippen MR) is 92.5 cm³/mol. The third-order valence-electron chi connectivity index (χ3n) is 5.18. The number of methoxy groups -OCH3 is 1. The second-order valence-electron chi connectivity index (χ2n) is 6.63. The summed E-state index contributed by atoms with van der Waals surface area (Å²) in [5.41, 5.74) is 5.79. The standard InChI is InChI=1S/C20H20N2O3/c1-25-20(24)18-11-21-10-16-12-22(8-7-17(16)18)19(23)15-6-5-13-3-2-4-14(13)9-15/h5-6,9-11H,2-4,7-8,12H2,1H3. The molecule has 1 aliphatic heterocycles. The molecule has 0 radical (unpaired) electrons. The van der Waals surface area contributed by atoms with E-state index in [0.717, 1.165) is 29.5 Å². The predicted octanol–water partition coefficient (Wildman–Crippen LogP) is 2.56. The van der Waals surface area contributed by atoms with E-state index in [9.17, 15) is 9.59 Å². The molecule has 0 spiro atoms. The molecule has 0 fully saturated rings. The zero-order valence-corrected chi connectivity index (χ0v) is 14.2. The number of fused-ring (bicyclic) bond motifs is 2. The number of carbonyl (C=O) groups is 2. The summed E-state index contributed by atoms with van der Waals surface area (Å²) in [6.45, 7) is 1.07. The molecule has 0 bridgehead atoms. The van der Waals surface area contributed by atoms with Crippen LogP contribution in [-0.2, 0) is 30.5 Å². The van der Waals surface area contributed by atoms with Crippen LogP contribution in [0.2, 0.25) is 0 Å². The Morgan fingerprint density at radius 2 is 1.92 bits per heavy atom. The van der Waals surface area contributed by atoms with Gasteiger partial charge in [0.1, 0.15) is 0 Å². The molecule has 4 rings (SSSR count). The Hall–Kier alpha value is -2.69. The molecule has 1 aromatic carbocycles. The fourth-order valence-electron chi connectivity index (χ4n) is 3.84. The lowest BCUT2D eigenvalue weighted by molar-refractivity contribution is 0.0598. The highest BCUT2D eigenvalue weighted by atomic mass is 16.5. The molecular weight excluding hydrogens is 316 g/mol. The number of esters is 1. The van der Waals surface area contributed by atoms with Gasteiger partial charge in [-0.15, -0.1) is 0 Å². The van der Waals surface area contributed by atoms with Gasteiger partial charge in [0, 0.05) is 31.0 Å². The van der Waals surface area contributed by atoms with Crippen LogP contribution in [0.25, 0.3) is 0 Å². The van der Waals surface area contributed by atoms with E-state index in [1.165, 1.54) is 24.7 Å². The Bertz CT molecular complexity index is 860. The maximum absolute atomic E-state index is 12.9. The molecule has 1 amide bonds. The van der Waals surface area contributed by atoms with E-state index in [4.69, 9.17) is 4.74 Å². The van der Waals surface area contributed by atoms with Gasteiger partial charge < -0.3 is 9.64 Å². The third-order valence-corrected chi connectivity index (χ3v) is 5.18.